The molecule has 6 heteroatoms. The molecule has 1 aliphatic rings. The normalized spacial score (nSPS) is 24.6. The van der Waals surface area contributed by atoms with Crippen molar-refractivity contribution in [3.8, 4) is 0 Å². The topological polar surface area (TPSA) is 81.2 Å². The van der Waals surface area contributed by atoms with Gasteiger partial charge in [-0.15, -0.1) is 0 Å². The van der Waals surface area contributed by atoms with Crippen molar-refractivity contribution >= 4 is 11.9 Å². The van der Waals surface area contributed by atoms with Gasteiger partial charge in [-0.2, -0.15) is 0 Å². The van der Waals surface area contributed by atoms with Gasteiger partial charge in [-0.3, -0.25) is 9.78 Å². The Hall–Kier alpha value is -1.98. The van der Waals surface area contributed by atoms with Crippen LogP contribution in [0.1, 0.15) is 49.3 Å². The first-order valence-electron chi connectivity index (χ1n) is 7.72. The molecule has 0 unspecified atom stereocenters. The predicted molar refractivity (Wildman–Crippen MR) is 81.2 cm³/mol. The molecule has 0 aliphatic heterocycles. The first-order chi connectivity index (χ1) is 10.5. The Morgan fingerprint density at radius 2 is 2.05 bits per heavy atom. The highest BCUT2D eigenvalue weighted by molar-refractivity contribution is 5.89. The van der Waals surface area contributed by atoms with Gasteiger partial charge in [0.2, 0.25) is 0 Å². The maximum atomic E-state index is 11.9. The summed E-state index contributed by atoms with van der Waals surface area (Å²) in [5, 5.41) is 2.96. The van der Waals surface area contributed by atoms with Gasteiger partial charge in [-0.25, -0.2) is 9.78 Å². The summed E-state index contributed by atoms with van der Waals surface area (Å²) in [5.41, 5.74) is 0.827. The zero-order chi connectivity index (χ0) is 16.1. The van der Waals surface area contributed by atoms with Crippen LogP contribution in [0, 0.1) is 18.8 Å². The molecular formula is C16H23N3O3. The maximum Gasteiger partial charge on any atom is 0.359 e. The number of rotatable bonds is 4. The Morgan fingerprint density at radius 3 is 2.73 bits per heavy atom. The summed E-state index contributed by atoms with van der Waals surface area (Å²) >= 11 is 0. The molecule has 120 valence electrons. The molecule has 22 heavy (non-hydrogen) atoms. The highest BCUT2D eigenvalue weighted by atomic mass is 16.5. The van der Waals surface area contributed by atoms with E-state index < -0.39 is 5.97 Å². The van der Waals surface area contributed by atoms with Crippen LogP contribution in [-0.2, 0) is 9.53 Å². The fourth-order valence-electron chi connectivity index (χ4n) is 2.74. The number of nitrogens with one attached hydrogen (secondary N) is 1. The number of nitrogens with zero attached hydrogens (tertiary/aromatic N) is 2. The lowest BCUT2D eigenvalue weighted by atomic mass is 9.78. The molecule has 1 N–H and O–H groups in total. The maximum absolute atomic E-state index is 11.9. The first kappa shape index (κ1) is 16.4. The summed E-state index contributed by atoms with van der Waals surface area (Å²) in [6, 6.07) is 0.161. The van der Waals surface area contributed by atoms with E-state index in [4.69, 9.17) is 4.74 Å². The highest BCUT2D eigenvalue weighted by Gasteiger charge is 2.28. The second-order valence-corrected chi connectivity index (χ2v) is 6.06. The largest absolute Gasteiger partial charge is 0.451 e. The minimum Gasteiger partial charge on any atom is -0.451 e. The van der Waals surface area contributed by atoms with Crippen LogP contribution in [0.25, 0.3) is 0 Å². The van der Waals surface area contributed by atoms with Crippen molar-refractivity contribution in [2.45, 2.75) is 46.1 Å². The standard InChI is InChI=1S/C16H23N3O3/c1-10-5-4-6-13(12(10)3)19-15(20)9-22-16(21)14-8-17-11(2)7-18-14/h7-8,10,12-13H,4-6,9H2,1-3H3,(H,19,20)/t10-,12-,13+/m0/s1. The van der Waals surface area contributed by atoms with Crippen molar-refractivity contribution in [1.29, 1.82) is 0 Å². The number of esters is 1. The monoisotopic (exact) mass is 305 g/mol. The van der Waals surface area contributed by atoms with Crippen molar-refractivity contribution in [3.63, 3.8) is 0 Å². The van der Waals surface area contributed by atoms with Gasteiger partial charge in [0.05, 0.1) is 11.9 Å². The minimum absolute atomic E-state index is 0.109. The molecule has 1 aromatic heterocycles. The third-order valence-corrected chi connectivity index (χ3v) is 4.38. The number of ether oxygens (including phenoxy) is 1. The van der Waals surface area contributed by atoms with Crippen LogP contribution in [-0.4, -0.2) is 34.5 Å². The quantitative estimate of drug-likeness (QED) is 0.859. The van der Waals surface area contributed by atoms with Crippen LogP contribution >= 0.6 is 0 Å². The van der Waals surface area contributed by atoms with Crippen LogP contribution < -0.4 is 5.32 Å². The van der Waals surface area contributed by atoms with Crippen molar-refractivity contribution < 1.29 is 14.3 Å². The van der Waals surface area contributed by atoms with Crippen molar-refractivity contribution in [3.05, 3.63) is 23.8 Å². The molecule has 6 nitrogen and oxygen atoms in total. The van der Waals surface area contributed by atoms with Crippen LogP contribution in [0.4, 0.5) is 0 Å². The third-order valence-electron chi connectivity index (χ3n) is 4.38. The molecule has 1 saturated carbocycles. The van der Waals surface area contributed by atoms with Crippen molar-refractivity contribution in [1.82, 2.24) is 15.3 Å². The second-order valence-electron chi connectivity index (χ2n) is 6.06. The molecular weight excluding hydrogens is 282 g/mol. The fourth-order valence-corrected chi connectivity index (χ4v) is 2.74. The van der Waals surface area contributed by atoms with Gasteiger partial charge >= 0.3 is 5.97 Å². The molecule has 0 aromatic carbocycles. The predicted octanol–water partition coefficient (Wildman–Crippen LogP) is 1.88. The van der Waals surface area contributed by atoms with E-state index >= 15 is 0 Å². The first-order valence-corrected chi connectivity index (χ1v) is 7.72. The zero-order valence-electron chi connectivity index (χ0n) is 13.3. The van der Waals surface area contributed by atoms with E-state index in [2.05, 4.69) is 29.1 Å². The summed E-state index contributed by atoms with van der Waals surface area (Å²) in [4.78, 5) is 31.6. The Morgan fingerprint density at radius 1 is 1.27 bits per heavy atom. The molecule has 0 spiro atoms. The molecule has 1 aromatic rings. The van der Waals surface area contributed by atoms with Gasteiger partial charge in [0.15, 0.2) is 12.3 Å². The number of aryl methyl sites for hydroxylation is 1. The van der Waals surface area contributed by atoms with E-state index in [1.807, 2.05) is 0 Å². The van der Waals surface area contributed by atoms with Gasteiger partial charge in [0.25, 0.3) is 5.91 Å². The smallest absolute Gasteiger partial charge is 0.359 e. The summed E-state index contributed by atoms with van der Waals surface area (Å²) in [5.74, 6) is 0.146. The molecule has 1 heterocycles. The molecule has 2 rings (SSSR count). The summed E-state index contributed by atoms with van der Waals surface area (Å²) in [7, 11) is 0. The van der Waals surface area contributed by atoms with Crippen LogP contribution in [0.3, 0.4) is 0 Å². The van der Waals surface area contributed by atoms with E-state index in [1.165, 1.54) is 18.8 Å². The van der Waals surface area contributed by atoms with Gasteiger partial charge in [0.1, 0.15) is 0 Å². The zero-order valence-corrected chi connectivity index (χ0v) is 13.3. The Balaban J connectivity index is 1.80. The molecule has 0 radical (unpaired) electrons. The summed E-state index contributed by atoms with van der Waals surface area (Å²) in [6.45, 7) is 5.86. The van der Waals surface area contributed by atoms with Crippen LogP contribution in [0.15, 0.2) is 12.4 Å². The number of hydrogen-bond donors (Lipinski definition) is 1. The second kappa shape index (κ2) is 7.33. The van der Waals surface area contributed by atoms with E-state index in [9.17, 15) is 9.59 Å². The number of hydrogen-bond acceptors (Lipinski definition) is 5. The summed E-state index contributed by atoms with van der Waals surface area (Å²) in [6.07, 6.45) is 6.14. The van der Waals surface area contributed by atoms with E-state index in [0.29, 0.717) is 11.8 Å². The van der Waals surface area contributed by atoms with E-state index in [-0.39, 0.29) is 24.2 Å². The Bertz CT molecular complexity index is 530. The molecule has 1 amide bonds. The lowest BCUT2D eigenvalue weighted by Crippen LogP contribution is -2.45. The molecule has 1 fully saturated rings. The highest BCUT2D eigenvalue weighted by Crippen LogP contribution is 2.29. The fraction of sp³-hybridized carbons (Fsp3) is 0.625. The van der Waals surface area contributed by atoms with E-state index in [1.54, 1.807) is 6.92 Å². The average molecular weight is 305 g/mol. The van der Waals surface area contributed by atoms with Crippen LogP contribution in [0.2, 0.25) is 0 Å². The Labute approximate surface area is 130 Å². The van der Waals surface area contributed by atoms with Gasteiger partial charge < -0.3 is 10.1 Å². The Kier molecular flexibility index (Phi) is 5.46. The van der Waals surface area contributed by atoms with Crippen molar-refractivity contribution in [2.75, 3.05) is 6.61 Å². The third kappa shape index (κ3) is 4.26. The van der Waals surface area contributed by atoms with Crippen molar-refractivity contribution in [2.24, 2.45) is 11.8 Å². The molecule has 0 saturated heterocycles. The van der Waals surface area contributed by atoms with Gasteiger partial charge in [-0.1, -0.05) is 26.7 Å². The van der Waals surface area contributed by atoms with E-state index in [0.717, 1.165) is 18.5 Å². The summed E-state index contributed by atoms with van der Waals surface area (Å²) < 4.78 is 4.98. The molecule has 3 atom stereocenters. The minimum atomic E-state index is -0.632. The molecule has 1 aliphatic carbocycles. The molecule has 0 bridgehead atoms. The number of amides is 1. The lowest BCUT2D eigenvalue weighted by Gasteiger charge is -2.34. The lowest BCUT2D eigenvalue weighted by molar-refractivity contribution is -0.125. The van der Waals surface area contributed by atoms with Crippen LogP contribution in [0.5, 0.6) is 0 Å². The van der Waals surface area contributed by atoms with Gasteiger partial charge in [0, 0.05) is 12.2 Å². The average Bonchev–Trinajstić information content (AvgIpc) is 2.50. The van der Waals surface area contributed by atoms with Gasteiger partial charge in [-0.05, 0) is 25.2 Å². The number of carbonyl (C=O) groups excluding carboxylic acids is 2. The number of carbonyl (C=O) groups is 2. The number of aromatic nitrogens is 2. The SMILES string of the molecule is Cc1cnc(C(=O)OCC(=O)N[C@@H]2CCC[C@H](C)[C@@H]2C)cn1.